The smallest absolute Gasteiger partial charge is 0.224 e. The van der Waals surface area contributed by atoms with Crippen LogP contribution in [-0.2, 0) is 24.3 Å². The molecular formula is H2O5Si. The van der Waals surface area contributed by atoms with Crippen molar-refractivity contribution in [3.05, 3.63) is 0 Å². The van der Waals surface area contributed by atoms with Crippen LogP contribution in [0.3, 0.4) is 0 Å². The molecule has 5 nitrogen and oxygen atoms in total. The zero-order valence-corrected chi connectivity index (χ0v) is 4.16. The first-order valence-electron chi connectivity index (χ1n) is 1.24. The van der Waals surface area contributed by atoms with Gasteiger partial charge in [-0.1, -0.05) is 0 Å². The van der Waals surface area contributed by atoms with Crippen molar-refractivity contribution in [2.45, 2.75) is 0 Å². The van der Waals surface area contributed by atoms with Gasteiger partial charge in [0.2, 0.25) is 0 Å². The molecule has 0 N–H and O–H groups in total. The summed E-state index contributed by atoms with van der Waals surface area (Å²) in [5.41, 5.74) is 0. The van der Waals surface area contributed by atoms with Crippen molar-refractivity contribution >= 4 is 10.0 Å². The summed E-state index contributed by atoms with van der Waals surface area (Å²) in [6, 6.07) is 0. The van der Waals surface area contributed by atoms with E-state index in [-0.39, 0.29) is 0 Å². The van der Waals surface area contributed by atoms with Crippen LogP contribution >= 0.6 is 0 Å². The molecule has 6 heteroatoms. The highest BCUT2D eigenvalue weighted by Crippen LogP contribution is 1.89. The van der Waals surface area contributed by atoms with Gasteiger partial charge in [0.05, 0.1) is 0 Å². The molecule has 0 radical (unpaired) electrons. The van der Waals surface area contributed by atoms with E-state index in [9.17, 15) is 0 Å². The quantitative estimate of drug-likeness (QED) is 0.288. The van der Waals surface area contributed by atoms with Gasteiger partial charge < -0.3 is 0 Å². The Kier molecular flexibility index (Phi) is 1.56. The van der Waals surface area contributed by atoms with E-state index in [1.54, 1.807) is 0 Å². The zero-order valence-electron chi connectivity index (χ0n) is 2.75. The number of hydrogen-bond acceptors (Lipinski definition) is 5. The van der Waals surface area contributed by atoms with Crippen molar-refractivity contribution in [2.75, 3.05) is 0 Å². The minimum absolute atomic E-state index is 1.06. The van der Waals surface area contributed by atoms with Gasteiger partial charge in [-0.25, -0.2) is 9.15 Å². The first kappa shape index (κ1) is 4.18. The van der Waals surface area contributed by atoms with Crippen LogP contribution in [0.25, 0.3) is 0 Å². The van der Waals surface area contributed by atoms with E-state index in [1.807, 2.05) is 0 Å². The van der Waals surface area contributed by atoms with Gasteiger partial charge in [-0.3, -0.25) is 0 Å². The summed E-state index contributed by atoms with van der Waals surface area (Å²) in [5, 5.41) is 11.2. The summed E-state index contributed by atoms with van der Waals surface area (Å²) in [4.78, 5) is 0. The summed E-state index contributed by atoms with van der Waals surface area (Å²) in [6.45, 7) is 0. The fraction of sp³-hybridized carbons (Fsp3) is 0. The third-order valence-corrected chi connectivity index (χ3v) is 0.633. The van der Waals surface area contributed by atoms with Gasteiger partial charge in [0, 0.05) is 0 Å². The maximum Gasteiger partial charge on any atom is 0.391 e. The topological polar surface area (TPSA) is 46.2 Å². The average Bonchev–Trinajstić information content (AvgIpc) is 1.72. The molecule has 1 saturated heterocycles. The molecule has 0 aliphatic carbocycles. The van der Waals surface area contributed by atoms with E-state index in [0.717, 1.165) is 0 Å². The monoisotopic (exact) mass is 110 g/mol. The molecular weight excluding hydrogens is 108 g/mol. The second-order valence-corrected chi connectivity index (χ2v) is 1.26. The second kappa shape index (κ2) is 2.24. The molecule has 0 atom stereocenters. The third-order valence-electron chi connectivity index (χ3n) is 0.248. The molecule has 0 spiro atoms. The molecule has 1 aliphatic heterocycles. The summed E-state index contributed by atoms with van der Waals surface area (Å²) < 4.78 is 8.28. The van der Waals surface area contributed by atoms with E-state index in [1.165, 1.54) is 0 Å². The molecule has 1 fully saturated rings. The summed E-state index contributed by atoms with van der Waals surface area (Å²) in [5.74, 6) is 0. The maximum atomic E-state index is 4.14. The minimum Gasteiger partial charge on any atom is -0.224 e. The van der Waals surface area contributed by atoms with Gasteiger partial charge in [-0.05, 0) is 15.1 Å². The Labute approximate surface area is 35.5 Å². The van der Waals surface area contributed by atoms with Crippen LogP contribution in [0.5, 0.6) is 0 Å². The van der Waals surface area contributed by atoms with E-state index < -0.39 is 10.0 Å². The lowest BCUT2D eigenvalue weighted by molar-refractivity contribution is -0.705. The van der Waals surface area contributed by atoms with E-state index in [4.69, 9.17) is 0 Å². The molecule has 0 aromatic heterocycles. The van der Waals surface area contributed by atoms with E-state index >= 15 is 0 Å². The van der Waals surface area contributed by atoms with Crippen molar-refractivity contribution < 1.29 is 24.3 Å². The second-order valence-electron chi connectivity index (χ2n) is 0.558. The molecule has 0 aromatic carbocycles. The minimum atomic E-state index is -1.06. The van der Waals surface area contributed by atoms with E-state index in [0.29, 0.717) is 0 Å². The third kappa shape index (κ3) is 1.01. The highest BCUT2D eigenvalue weighted by molar-refractivity contribution is 6.17. The Morgan fingerprint density at radius 3 is 1.67 bits per heavy atom. The fourth-order valence-electron chi connectivity index (χ4n) is 0.110. The van der Waals surface area contributed by atoms with Crippen LogP contribution in [0.15, 0.2) is 0 Å². The van der Waals surface area contributed by atoms with Crippen molar-refractivity contribution in [3.8, 4) is 0 Å². The summed E-state index contributed by atoms with van der Waals surface area (Å²) >= 11 is 0. The molecule has 0 unspecified atom stereocenters. The Morgan fingerprint density at radius 1 is 0.833 bits per heavy atom. The standard InChI is InChI=1S/H2O5Si/c1-2-4-6-5-3-1/h6H2. The van der Waals surface area contributed by atoms with Crippen molar-refractivity contribution in [1.82, 2.24) is 0 Å². The molecule has 0 bridgehead atoms. The summed E-state index contributed by atoms with van der Waals surface area (Å²) in [7, 11) is -1.06. The molecule has 0 aromatic rings. The predicted octanol–water partition coefficient (Wildman–Crippen LogP) is -1.26. The van der Waals surface area contributed by atoms with Crippen molar-refractivity contribution in [2.24, 2.45) is 0 Å². The van der Waals surface area contributed by atoms with Crippen LogP contribution in [-0.4, -0.2) is 10.0 Å². The molecule has 1 aliphatic rings. The lowest BCUT2D eigenvalue weighted by atomic mass is 14.2. The van der Waals surface area contributed by atoms with Gasteiger partial charge >= 0.3 is 10.0 Å². The maximum absolute atomic E-state index is 4.14. The first-order chi connectivity index (χ1) is 3.00. The Bertz CT molecular complexity index is 19.4. The van der Waals surface area contributed by atoms with Gasteiger partial charge in [0.25, 0.3) is 0 Å². The van der Waals surface area contributed by atoms with Gasteiger partial charge in [0.1, 0.15) is 0 Å². The molecule has 1 rings (SSSR count). The number of hydrogen-bond donors (Lipinski definition) is 0. The molecule has 36 valence electrons. The van der Waals surface area contributed by atoms with Gasteiger partial charge in [0.15, 0.2) is 0 Å². The fourth-order valence-corrected chi connectivity index (χ4v) is 0.306. The molecule has 0 saturated carbocycles. The van der Waals surface area contributed by atoms with Gasteiger partial charge in [-0.15, -0.1) is 0 Å². The molecule has 1 heterocycles. The lowest BCUT2D eigenvalue weighted by Crippen LogP contribution is -2.13. The summed E-state index contributed by atoms with van der Waals surface area (Å²) in [6.07, 6.45) is 0. The first-order valence-corrected chi connectivity index (χ1v) is 2.40. The largest absolute Gasteiger partial charge is 0.391 e. The van der Waals surface area contributed by atoms with Crippen LogP contribution < -0.4 is 0 Å². The van der Waals surface area contributed by atoms with Crippen molar-refractivity contribution in [1.29, 1.82) is 0 Å². The van der Waals surface area contributed by atoms with Crippen LogP contribution in [0.2, 0.25) is 0 Å². The van der Waals surface area contributed by atoms with Gasteiger partial charge in [-0.2, -0.15) is 0 Å². The zero-order chi connectivity index (χ0) is 4.24. The predicted molar refractivity (Wildman–Crippen MR) is 14.0 cm³/mol. The lowest BCUT2D eigenvalue weighted by Gasteiger charge is -2.04. The normalized spacial score (nSPS) is 24.0. The Balaban J connectivity index is 2.00. The SMILES string of the molecule is O1OO[SiH2]OO1. The highest BCUT2D eigenvalue weighted by atomic mass is 28.3. The van der Waals surface area contributed by atoms with Crippen LogP contribution in [0, 0.1) is 0 Å². The highest BCUT2D eigenvalue weighted by Gasteiger charge is 1.99. The van der Waals surface area contributed by atoms with Crippen LogP contribution in [0.4, 0.5) is 0 Å². The van der Waals surface area contributed by atoms with E-state index in [2.05, 4.69) is 24.3 Å². The Hall–Kier alpha value is 0.0169. The molecule has 0 amide bonds. The number of rotatable bonds is 0. The Morgan fingerprint density at radius 2 is 1.50 bits per heavy atom. The van der Waals surface area contributed by atoms with Crippen molar-refractivity contribution in [3.63, 3.8) is 0 Å². The molecule has 6 heavy (non-hydrogen) atoms. The van der Waals surface area contributed by atoms with Crippen LogP contribution in [0.1, 0.15) is 0 Å². The average molecular weight is 110 g/mol.